The second-order valence-corrected chi connectivity index (χ2v) is 5.65. The molecule has 0 radical (unpaired) electrons. The molecule has 0 spiro atoms. The molecule has 1 amide bonds. The van der Waals surface area contributed by atoms with Crippen molar-refractivity contribution in [3.8, 4) is 11.1 Å². The molecule has 0 unspecified atom stereocenters. The quantitative estimate of drug-likeness (QED) is 0.512. The molecular weight excluding hydrogens is 308 g/mol. The van der Waals surface area contributed by atoms with Gasteiger partial charge >= 0.3 is 0 Å². The Morgan fingerprint density at radius 2 is 1.50 bits per heavy atom. The van der Waals surface area contributed by atoms with E-state index in [1.165, 1.54) is 19.1 Å². The number of rotatable bonds is 3. The van der Waals surface area contributed by atoms with Crippen LogP contribution in [0.5, 0.6) is 0 Å². The highest BCUT2D eigenvalue weighted by molar-refractivity contribution is 6.53. The fourth-order valence-corrected chi connectivity index (χ4v) is 2.71. The smallest absolute Gasteiger partial charge is 0.234 e. The van der Waals surface area contributed by atoms with Crippen LogP contribution < -0.4 is 11.1 Å². The lowest BCUT2D eigenvalue weighted by molar-refractivity contribution is -0.124. The molecule has 0 fully saturated rings. The summed E-state index contributed by atoms with van der Waals surface area (Å²) >= 11 is 0. The number of hydrogen-bond acceptors (Lipinski definition) is 5. The molecule has 120 valence electrons. The molecule has 1 aliphatic carbocycles. The fourth-order valence-electron chi connectivity index (χ4n) is 2.71. The van der Waals surface area contributed by atoms with Crippen LogP contribution >= 0.6 is 0 Å². The van der Waals surface area contributed by atoms with Crippen LogP contribution in [0.3, 0.4) is 0 Å². The maximum absolute atomic E-state index is 12.3. The van der Waals surface area contributed by atoms with Crippen molar-refractivity contribution in [3.05, 3.63) is 47.5 Å². The van der Waals surface area contributed by atoms with Gasteiger partial charge in [-0.2, -0.15) is 0 Å². The Bertz CT molecular complexity index is 915. The molecule has 0 saturated carbocycles. The topological polar surface area (TPSA) is 106 Å². The SMILES string of the molecule is CC(=O)CC(=O)Nc1ccc2c(c1)C(=O)C(=O)c1cc(N)ccc1-2. The van der Waals surface area contributed by atoms with Crippen LogP contribution in [0.1, 0.15) is 34.1 Å². The molecule has 0 aliphatic heterocycles. The number of benzene rings is 2. The molecule has 0 saturated heterocycles. The van der Waals surface area contributed by atoms with Crippen LogP contribution in [-0.4, -0.2) is 23.3 Å². The number of ketones is 3. The minimum Gasteiger partial charge on any atom is -0.399 e. The lowest BCUT2D eigenvalue weighted by Gasteiger charge is -2.19. The van der Waals surface area contributed by atoms with Gasteiger partial charge < -0.3 is 11.1 Å². The molecule has 2 aromatic carbocycles. The van der Waals surface area contributed by atoms with Crippen molar-refractivity contribution in [2.75, 3.05) is 11.1 Å². The van der Waals surface area contributed by atoms with Gasteiger partial charge in [-0.1, -0.05) is 12.1 Å². The van der Waals surface area contributed by atoms with Gasteiger partial charge in [0, 0.05) is 22.5 Å². The van der Waals surface area contributed by atoms with Crippen molar-refractivity contribution >= 4 is 34.6 Å². The number of nitrogens with two attached hydrogens (primary N) is 1. The van der Waals surface area contributed by atoms with Crippen molar-refractivity contribution in [1.82, 2.24) is 0 Å². The summed E-state index contributed by atoms with van der Waals surface area (Å²) < 4.78 is 0. The van der Waals surface area contributed by atoms with E-state index < -0.39 is 17.5 Å². The van der Waals surface area contributed by atoms with Gasteiger partial charge in [-0.15, -0.1) is 0 Å². The van der Waals surface area contributed by atoms with Crippen LogP contribution in [0, 0.1) is 0 Å². The summed E-state index contributed by atoms with van der Waals surface area (Å²) in [5, 5.41) is 2.55. The number of amides is 1. The van der Waals surface area contributed by atoms with Crippen LogP contribution in [0.25, 0.3) is 11.1 Å². The average molecular weight is 322 g/mol. The molecule has 0 heterocycles. The monoisotopic (exact) mass is 322 g/mol. The Labute approximate surface area is 137 Å². The summed E-state index contributed by atoms with van der Waals surface area (Å²) in [6, 6.07) is 9.59. The van der Waals surface area contributed by atoms with E-state index in [1.807, 2.05) is 0 Å². The first-order valence-electron chi connectivity index (χ1n) is 7.29. The van der Waals surface area contributed by atoms with E-state index in [2.05, 4.69) is 5.32 Å². The fraction of sp³-hybridized carbons (Fsp3) is 0.111. The molecule has 6 nitrogen and oxygen atoms in total. The van der Waals surface area contributed by atoms with Crippen LogP contribution in [-0.2, 0) is 9.59 Å². The van der Waals surface area contributed by atoms with Crippen molar-refractivity contribution in [3.63, 3.8) is 0 Å². The number of fused-ring (bicyclic) bond motifs is 3. The van der Waals surface area contributed by atoms with E-state index in [-0.39, 0.29) is 23.3 Å². The first-order valence-corrected chi connectivity index (χ1v) is 7.29. The molecule has 6 heteroatoms. The Morgan fingerprint density at radius 3 is 2.12 bits per heavy atom. The van der Waals surface area contributed by atoms with E-state index in [4.69, 9.17) is 5.73 Å². The second-order valence-electron chi connectivity index (χ2n) is 5.65. The normalized spacial score (nSPS) is 12.4. The van der Waals surface area contributed by atoms with Gasteiger partial charge in [0.1, 0.15) is 5.78 Å². The van der Waals surface area contributed by atoms with Crippen molar-refractivity contribution in [1.29, 1.82) is 0 Å². The Kier molecular flexibility index (Phi) is 3.73. The minimum absolute atomic E-state index is 0.220. The second kappa shape index (κ2) is 5.73. The summed E-state index contributed by atoms with van der Waals surface area (Å²) in [6.07, 6.45) is -0.244. The number of nitrogens with one attached hydrogen (secondary N) is 1. The molecule has 24 heavy (non-hydrogen) atoms. The molecule has 1 aliphatic rings. The third-order valence-corrected chi connectivity index (χ3v) is 3.74. The van der Waals surface area contributed by atoms with Gasteiger partial charge in [-0.05, 0) is 42.3 Å². The highest BCUT2D eigenvalue weighted by atomic mass is 16.2. The highest BCUT2D eigenvalue weighted by Gasteiger charge is 2.30. The zero-order valence-electron chi connectivity index (χ0n) is 12.9. The Balaban J connectivity index is 2.03. The molecule has 3 N–H and O–H groups in total. The van der Waals surface area contributed by atoms with Gasteiger partial charge in [0.2, 0.25) is 17.5 Å². The number of hydrogen-bond donors (Lipinski definition) is 2. The third-order valence-electron chi connectivity index (χ3n) is 3.74. The summed E-state index contributed by atoms with van der Waals surface area (Å²) in [5.41, 5.74) is 8.20. The molecule has 0 aromatic heterocycles. The van der Waals surface area contributed by atoms with Crippen LogP contribution in [0.2, 0.25) is 0 Å². The standard InChI is InChI=1S/C18H14N2O4/c1-9(21)6-16(22)20-11-3-5-13-12-4-2-10(19)7-14(12)17(23)18(24)15(13)8-11/h2-5,7-8H,6,19H2,1H3,(H,20,22). The van der Waals surface area contributed by atoms with Crippen molar-refractivity contribution in [2.24, 2.45) is 0 Å². The zero-order valence-corrected chi connectivity index (χ0v) is 12.9. The van der Waals surface area contributed by atoms with Gasteiger partial charge in [0.15, 0.2) is 0 Å². The minimum atomic E-state index is -0.647. The number of carbonyl (C=O) groups excluding carboxylic acids is 4. The van der Waals surface area contributed by atoms with E-state index in [0.717, 1.165) is 0 Å². The lowest BCUT2D eigenvalue weighted by Crippen LogP contribution is -2.22. The third kappa shape index (κ3) is 2.69. The molecule has 0 atom stereocenters. The summed E-state index contributed by atoms with van der Waals surface area (Å²) in [4.78, 5) is 47.3. The van der Waals surface area contributed by atoms with Gasteiger partial charge in [-0.25, -0.2) is 0 Å². The summed E-state index contributed by atoms with van der Waals surface area (Å²) in [6.45, 7) is 1.32. The number of nitrogen functional groups attached to an aromatic ring is 1. The van der Waals surface area contributed by atoms with E-state index in [1.54, 1.807) is 24.3 Å². The Morgan fingerprint density at radius 1 is 0.917 bits per heavy atom. The van der Waals surface area contributed by atoms with E-state index >= 15 is 0 Å². The first kappa shape index (κ1) is 15.6. The number of Topliss-reactive ketones (excluding diaryl/α,β-unsaturated/α-hetero) is 3. The lowest BCUT2D eigenvalue weighted by atomic mass is 9.83. The molecule has 3 rings (SSSR count). The van der Waals surface area contributed by atoms with Gasteiger partial charge in [-0.3, -0.25) is 19.2 Å². The largest absolute Gasteiger partial charge is 0.399 e. The summed E-state index contributed by atoms with van der Waals surface area (Å²) in [5.74, 6) is -2.00. The van der Waals surface area contributed by atoms with Crippen molar-refractivity contribution < 1.29 is 19.2 Å². The van der Waals surface area contributed by atoms with Crippen LogP contribution in [0.15, 0.2) is 36.4 Å². The predicted octanol–water partition coefficient (Wildman–Crippen LogP) is 2.23. The van der Waals surface area contributed by atoms with Crippen molar-refractivity contribution in [2.45, 2.75) is 13.3 Å². The maximum Gasteiger partial charge on any atom is 0.234 e. The summed E-state index contributed by atoms with van der Waals surface area (Å²) in [7, 11) is 0. The molecule has 0 bridgehead atoms. The highest BCUT2D eigenvalue weighted by Crippen LogP contribution is 2.35. The first-order chi connectivity index (χ1) is 11.4. The number of anilines is 2. The predicted molar refractivity (Wildman–Crippen MR) is 88.9 cm³/mol. The van der Waals surface area contributed by atoms with E-state index in [0.29, 0.717) is 22.5 Å². The average Bonchev–Trinajstić information content (AvgIpc) is 2.52. The van der Waals surface area contributed by atoms with Crippen LogP contribution in [0.4, 0.5) is 11.4 Å². The Hall–Kier alpha value is -3.28. The van der Waals surface area contributed by atoms with Gasteiger partial charge in [0.05, 0.1) is 6.42 Å². The molecular formula is C18H14N2O4. The van der Waals surface area contributed by atoms with Gasteiger partial charge in [0.25, 0.3) is 0 Å². The molecule has 2 aromatic rings. The maximum atomic E-state index is 12.3. The zero-order chi connectivity index (χ0) is 17.4. The number of carbonyl (C=O) groups is 4. The van der Waals surface area contributed by atoms with E-state index in [9.17, 15) is 19.2 Å².